The van der Waals surface area contributed by atoms with Gasteiger partial charge >= 0.3 is 0 Å². The van der Waals surface area contributed by atoms with Crippen molar-refractivity contribution in [3.05, 3.63) is 28.0 Å². The summed E-state index contributed by atoms with van der Waals surface area (Å²) in [6.45, 7) is -0.480. The first kappa shape index (κ1) is 11.4. The van der Waals surface area contributed by atoms with Crippen LogP contribution in [0.25, 0.3) is 0 Å². The molecule has 1 atom stereocenters. The van der Waals surface area contributed by atoms with Gasteiger partial charge in [-0.2, -0.15) is 0 Å². The number of hydrogen-bond donors (Lipinski definition) is 2. The summed E-state index contributed by atoms with van der Waals surface area (Å²) in [7, 11) is 1.31. The predicted octanol–water partition coefficient (Wildman–Crippen LogP) is 1.62. The number of methoxy groups -OCH3 is 1. The minimum absolute atomic E-state index is 0.0465. The molecule has 1 aromatic rings. The minimum Gasteiger partial charge on any atom is -0.493 e. The summed E-state index contributed by atoms with van der Waals surface area (Å²) in [4.78, 5) is 0. The number of rotatable bonds is 3. The highest BCUT2D eigenvalue weighted by atomic mass is 79.9. The number of halogens is 2. The van der Waals surface area contributed by atoms with Gasteiger partial charge in [0, 0.05) is 10.0 Å². The van der Waals surface area contributed by atoms with Crippen LogP contribution < -0.4 is 4.74 Å². The van der Waals surface area contributed by atoms with Crippen molar-refractivity contribution in [3.8, 4) is 5.75 Å². The molecule has 0 heterocycles. The molecule has 0 aliphatic heterocycles. The first-order valence-corrected chi connectivity index (χ1v) is 4.71. The largest absolute Gasteiger partial charge is 0.493 e. The summed E-state index contributed by atoms with van der Waals surface area (Å²) in [5.74, 6) is -0.626. The Balaban J connectivity index is 3.24. The third-order valence-electron chi connectivity index (χ3n) is 1.77. The van der Waals surface area contributed by atoms with E-state index < -0.39 is 18.5 Å². The van der Waals surface area contributed by atoms with E-state index in [0.717, 1.165) is 0 Å². The molecule has 0 saturated heterocycles. The van der Waals surface area contributed by atoms with Crippen molar-refractivity contribution in [1.82, 2.24) is 0 Å². The smallest absolute Gasteiger partial charge is 0.166 e. The quantitative estimate of drug-likeness (QED) is 0.873. The molecule has 78 valence electrons. The molecule has 14 heavy (non-hydrogen) atoms. The van der Waals surface area contributed by atoms with E-state index in [-0.39, 0.29) is 11.3 Å². The number of hydrogen-bond acceptors (Lipinski definition) is 3. The van der Waals surface area contributed by atoms with Crippen LogP contribution in [0.15, 0.2) is 16.6 Å². The average molecular weight is 265 g/mol. The van der Waals surface area contributed by atoms with Crippen molar-refractivity contribution < 1.29 is 19.3 Å². The van der Waals surface area contributed by atoms with Crippen LogP contribution in [0.1, 0.15) is 11.7 Å². The Labute approximate surface area is 89.3 Å². The van der Waals surface area contributed by atoms with Gasteiger partial charge in [0.2, 0.25) is 0 Å². The lowest BCUT2D eigenvalue weighted by molar-refractivity contribution is 0.0928. The second-order valence-corrected chi connectivity index (χ2v) is 3.62. The zero-order chi connectivity index (χ0) is 10.7. The summed E-state index contributed by atoms with van der Waals surface area (Å²) in [6.07, 6.45) is -1.14. The van der Waals surface area contributed by atoms with E-state index in [1.165, 1.54) is 19.2 Å². The molecule has 0 spiro atoms. The van der Waals surface area contributed by atoms with Crippen LogP contribution in [-0.4, -0.2) is 23.9 Å². The maximum absolute atomic E-state index is 13.3. The van der Waals surface area contributed by atoms with E-state index in [9.17, 15) is 9.50 Å². The molecular weight excluding hydrogens is 255 g/mol. The van der Waals surface area contributed by atoms with Gasteiger partial charge in [-0.05, 0) is 12.1 Å². The van der Waals surface area contributed by atoms with Crippen LogP contribution in [0.4, 0.5) is 4.39 Å². The molecule has 0 amide bonds. The number of benzene rings is 1. The van der Waals surface area contributed by atoms with Gasteiger partial charge in [0.1, 0.15) is 6.10 Å². The lowest BCUT2D eigenvalue weighted by Gasteiger charge is -2.13. The van der Waals surface area contributed by atoms with Crippen LogP contribution in [0.3, 0.4) is 0 Å². The third kappa shape index (κ3) is 2.23. The zero-order valence-corrected chi connectivity index (χ0v) is 9.08. The molecule has 0 radical (unpaired) electrons. The molecule has 1 unspecified atom stereocenters. The number of ether oxygens (including phenoxy) is 1. The molecule has 0 aliphatic rings. The highest BCUT2D eigenvalue weighted by Gasteiger charge is 2.17. The van der Waals surface area contributed by atoms with Crippen LogP contribution >= 0.6 is 15.9 Å². The minimum atomic E-state index is -1.14. The standard InChI is InChI=1S/C9H10BrFO3/c1-14-9-6(8(13)4-12)2-5(10)3-7(9)11/h2-3,8,12-13H,4H2,1H3. The molecular formula is C9H10BrFO3. The Morgan fingerprint density at radius 3 is 2.71 bits per heavy atom. The summed E-state index contributed by atoms with van der Waals surface area (Å²) >= 11 is 3.09. The molecule has 1 aromatic carbocycles. The number of aliphatic hydroxyl groups excluding tert-OH is 2. The fourth-order valence-corrected chi connectivity index (χ4v) is 1.59. The van der Waals surface area contributed by atoms with Crippen LogP contribution in [0.5, 0.6) is 5.75 Å². The highest BCUT2D eigenvalue weighted by molar-refractivity contribution is 9.10. The number of aliphatic hydroxyl groups is 2. The normalized spacial score (nSPS) is 12.6. The lowest BCUT2D eigenvalue weighted by atomic mass is 10.1. The molecule has 5 heteroatoms. The molecule has 1 rings (SSSR count). The molecule has 0 fully saturated rings. The molecule has 3 nitrogen and oxygen atoms in total. The molecule has 2 N–H and O–H groups in total. The molecule has 0 aliphatic carbocycles. The van der Waals surface area contributed by atoms with Gasteiger partial charge in [-0.25, -0.2) is 4.39 Å². The first-order chi connectivity index (χ1) is 6.60. The Kier molecular flexibility index (Phi) is 3.86. The van der Waals surface area contributed by atoms with E-state index in [1.54, 1.807) is 0 Å². The van der Waals surface area contributed by atoms with Crippen molar-refractivity contribution in [2.45, 2.75) is 6.10 Å². The highest BCUT2D eigenvalue weighted by Crippen LogP contribution is 2.31. The molecule has 0 bridgehead atoms. The second kappa shape index (κ2) is 4.72. The van der Waals surface area contributed by atoms with E-state index in [0.29, 0.717) is 4.47 Å². The summed E-state index contributed by atoms with van der Waals surface area (Å²) in [5, 5.41) is 18.1. The summed E-state index contributed by atoms with van der Waals surface area (Å²) < 4.78 is 18.5. The SMILES string of the molecule is COc1c(F)cc(Br)cc1C(O)CO. The average Bonchev–Trinajstić information content (AvgIpc) is 2.15. The summed E-state index contributed by atoms with van der Waals surface area (Å²) in [5.41, 5.74) is 0.224. The van der Waals surface area contributed by atoms with Gasteiger partial charge in [-0.1, -0.05) is 15.9 Å². The van der Waals surface area contributed by atoms with E-state index in [4.69, 9.17) is 9.84 Å². The first-order valence-electron chi connectivity index (χ1n) is 3.92. The van der Waals surface area contributed by atoms with Crippen molar-refractivity contribution in [1.29, 1.82) is 0 Å². The lowest BCUT2D eigenvalue weighted by Crippen LogP contribution is -2.06. The zero-order valence-electron chi connectivity index (χ0n) is 7.50. The van der Waals surface area contributed by atoms with Crippen LogP contribution in [-0.2, 0) is 0 Å². The van der Waals surface area contributed by atoms with Crippen molar-refractivity contribution in [3.63, 3.8) is 0 Å². The van der Waals surface area contributed by atoms with E-state index in [1.807, 2.05) is 0 Å². The van der Waals surface area contributed by atoms with Crippen molar-refractivity contribution in [2.24, 2.45) is 0 Å². The Bertz CT molecular complexity index is 330. The second-order valence-electron chi connectivity index (χ2n) is 2.71. The van der Waals surface area contributed by atoms with Gasteiger partial charge in [0.25, 0.3) is 0 Å². The van der Waals surface area contributed by atoms with Gasteiger partial charge in [0.05, 0.1) is 13.7 Å². The third-order valence-corrected chi connectivity index (χ3v) is 2.23. The predicted molar refractivity (Wildman–Crippen MR) is 52.7 cm³/mol. The maximum Gasteiger partial charge on any atom is 0.166 e. The fraction of sp³-hybridized carbons (Fsp3) is 0.333. The maximum atomic E-state index is 13.3. The van der Waals surface area contributed by atoms with Crippen molar-refractivity contribution >= 4 is 15.9 Å². The Hall–Kier alpha value is -0.650. The van der Waals surface area contributed by atoms with Gasteiger partial charge in [0.15, 0.2) is 11.6 Å². The van der Waals surface area contributed by atoms with Crippen LogP contribution in [0.2, 0.25) is 0 Å². The fourth-order valence-electron chi connectivity index (χ4n) is 1.14. The van der Waals surface area contributed by atoms with E-state index >= 15 is 0 Å². The van der Waals surface area contributed by atoms with Crippen molar-refractivity contribution in [2.75, 3.05) is 13.7 Å². The van der Waals surface area contributed by atoms with Gasteiger partial charge in [-0.3, -0.25) is 0 Å². The Morgan fingerprint density at radius 2 is 2.21 bits per heavy atom. The topological polar surface area (TPSA) is 49.7 Å². The van der Waals surface area contributed by atoms with E-state index in [2.05, 4.69) is 15.9 Å². The van der Waals surface area contributed by atoms with Gasteiger partial charge in [-0.15, -0.1) is 0 Å². The monoisotopic (exact) mass is 264 g/mol. The van der Waals surface area contributed by atoms with Crippen LogP contribution in [0, 0.1) is 5.82 Å². The van der Waals surface area contributed by atoms with Gasteiger partial charge < -0.3 is 14.9 Å². The molecule has 0 aromatic heterocycles. The Morgan fingerprint density at radius 1 is 1.57 bits per heavy atom. The summed E-state index contributed by atoms with van der Waals surface area (Å²) in [6, 6.07) is 2.73. The molecule has 0 saturated carbocycles.